The largest absolute Gasteiger partial charge is 0.504 e. The average Bonchev–Trinajstić information content (AvgIpc) is 2.74. The highest BCUT2D eigenvalue weighted by atomic mass is 32.2. The van der Waals surface area contributed by atoms with E-state index in [1.807, 2.05) is 6.92 Å². The zero-order chi connectivity index (χ0) is 22.0. The third-order valence-corrected chi connectivity index (χ3v) is 6.55. The first-order valence-corrected chi connectivity index (χ1v) is 11.8. The SMILES string of the molecule is CCCCSc1nc2c(c(=O)[nH]1)[C@@H](c1ccc(O)c(OCC)c1)C1=C(CCCC1=O)N2. The Morgan fingerprint density at radius 3 is 2.87 bits per heavy atom. The molecule has 2 aromatic rings. The fraction of sp³-hybridized carbons (Fsp3) is 0.435. The highest BCUT2D eigenvalue weighted by Crippen LogP contribution is 2.45. The molecule has 164 valence electrons. The summed E-state index contributed by atoms with van der Waals surface area (Å²) in [7, 11) is 0. The Balaban J connectivity index is 1.85. The number of allylic oxidation sites excluding steroid dienone is 2. The number of carbonyl (C=O) groups is 1. The minimum absolute atomic E-state index is 0.0265. The lowest BCUT2D eigenvalue weighted by Crippen LogP contribution is -2.32. The van der Waals surface area contributed by atoms with Crippen molar-refractivity contribution in [3.8, 4) is 11.5 Å². The molecule has 0 amide bonds. The highest BCUT2D eigenvalue weighted by molar-refractivity contribution is 7.99. The Morgan fingerprint density at radius 1 is 1.26 bits per heavy atom. The number of nitrogens with zero attached hydrogens (tertiary/aromatic N) is 1. The number of ketones is 1. The van der Waals surface area contributed by atoms with Gasteiger partial charge in [-0.2, -0.15) is 0 Å². The van der Waals surface area contributed by atoms with Crippen LogP contribution in [0.4, 0.5) is 5.82 Å². The predicted molar refractivity (Wildman–Crippen MR) is 121 cm³/mol. The van der Waals surface area contributed by atoms with Crippen LogP contribution in [0.5, 0.6) is 11.5 Å². The number of phenols is 1. The summed E-state index contributed by atoms with van der Waals surface area (Å²) in [4.78, 5) is 33.7. The summed E-state index contributed by atoms with van der Waals surface area (Å²) in [6.07, 6.45) is 4.08. The first kappa shape index (κ1) is 21.5. The number of thioether (sulfide) groups is 1. The molecule has 3 N–H and O–H groups in total. The second-order valence-electron chi connectivity index (χ2n) is 7.72. The van der Waals surface area contributed by atoms with Crippen LogP contribution in [0.1, 0.15) is 63.0 Å². The molecule has 4 rings (SSSR count). The van der Waals surface area contributed by atoms with Gasteiger partial charge in [0.25, 0.3) is 5.56 Å². The van der Waals surface area contributed by atoms with Gasteiger partial charge in [0.15, 0.2) is 22.4 Å². The molecule has 0 spiro atoms. The fourth-order valence-electron chi connectivity index (χ4n) is 4.14. The third kappa shape index (κ3) is 4.21. The van der Waals surface area contributed by atoms with Gasteiger partial charge in [0.1, 0.15) is 5.82 Å². The normalized spacial score (nSPS) is 17.7. The quantitative estimate of drug-likeness (QED) is 0.334. The summed E-state index contributed by atoms with van der Waals surface area (Å²) in [5, 5.41) is 14.0. The lowest BCUT2D eigenvalue weighted by Gasteiger charge is -2.33. The lowest BCUT2D eigenvalue weighted by molar-refractivity contribution is -0.116. The van der Waals surface area contributed by atoms with Crippen LogP contribution in [0.2, 0.25) is 0 Å². The molecular formula is C23H27N3O4S. The molecule has 8 heteroatoms. The van der Waals surface area contributed by atoms with Gasteiger partial charge in [0.05, 0.1) is 12.2 Å². The van der Waals surface area contributed by atoms with Crippen LogP contribution in [0.15, 0.2) is 39.4 Å². The smallest absolute Gasteiger partial charge is 0.257 e. The zero-order valence-corrected chi connectivity index (χ0v) is 18.6. The van der Waals surface area contributed by atoms with E-state index in [4.69, 9.17) is 4.74 Å². The first-order valence-electron chi connectivity index (χ1n) is 10.8. The zero-order valence-electron chi connectivity index (χ0n) is 17.8. The van der Waals surface area contributed by atoms with Crippen molar-refractivity contribution in [2.24, 2.45) is 0 Å². The van der Waals surface area contributed by atoms with Crippen molar-refractivity contribution < 1.29 is 14.6 Å². The number of nitrogens with one attached hydrogen (secondary N) is 2. The Labute approximate surface area is 185 Å². The topological polar surface area (TPSA) is 104 Å². The lowest BCUT2D eigenvalue weighted by atomic mass is 9.76. The van der Waals surface area contributed by atoms with Crippen molar-refractivity contribution in [1.82, 2.24) is 9.97 Å². The van der Waals surface area contributed by atoms with Crippen molar-refractivity contribution in [1.29, 1.82) is 0 Å². The van der Waals surface area contributed by atoms with Gasteiger partial charge < -0.3 is 20.1 Å². The Kier molecular flexibility index (Phi) is 6.36. The van der Waals surface area contributed by atoms with Crippen LogP contribution in [-0.2, 0) is 4.79 Å². The maximum atomic E-state index is 13.2. The predicted octanol–water partition coefficient (Wildman–Crippen LogP) is 4.33. The minimum atomic E-state index is -0.551. The number of H-pyrrole nitrogens is 1. The van der Waals surface area contributed by atoms with E-state index in [1.54, 1.807) is 18.2 Å². The second kappa shape index (κ2) is 9.18. The van der Waals surface area contributed by atoms with E-state index in [0.29, 0.717) is 40.9 Å². The average molecular weight is 442 g/mol. The molecule has 7 nitrogen and oxygen atoms in total. The molecule has 2 heterocycles. The summed E-state index contributed by atoms with van der Waals surface area (Å²) < 4.78 is 5.55. The number of aromatic nitrogens is 2. The number of carbonyl (C=O) groups excluding carboxylic acids is 1. The molecule has 1 aliphatic carbocycles. The molecule has 0 saturated heterocycles. The maximum Gasteiger partial charge on any atom is 0.257 e. The number of aromatic hydroxyl groups is 1. The van der Waals surface area contributed by atoms with E-state index in [2.05, 4.69) is 22.2 Å². The fourth-order valence-corrected chi connectivity index (χ4v) is 5.08. The van der Waals surface area contributed by atoms with E-state index < -0.39 is 5.92 Å². The number of fused-ring (bicyclic) bond motifs is 1. The highest BCUT2D eigenvalue weighted by Gasteiger charge is 2.38. The molecule has 2 aliphatic rings. The molecule has 0 fully saturated rings. The van der Waals surface area contributed by atoms with E-state index in [-0.39, 0.29) is 17.1 Å². The van der Waals surface area contributed by atoms with Crippen molar-refractivity contribution in [2.75, 3.05) is 17.7 Å². The van der Waals surface area contributed by atoms with E-state index >= 15 is 0 Å². The van der Waals surface area contributed by atoms with Crippen LogP contribution in [0.25, 0.3) is 0 Å². The number of hydrogen-bond donors (Lipinski definition) is 3. The molecular weight excluding hydrogens is 414 g/mol. The Hall–Kier alpha value is -2.74. The summed E-state index contributed by atoms with van der Waals surface area (Å²) in [6.45, 7) is 4.36. The van der Waals surface area contributed by atoms with Crippen molar-refractivity contribution in [3.05, 3.63) is 50.9 Å². The number of rotatable bonds is 7. The van der Waals surface area contributed by atoms with Crippen molar-refractivity contribution >= 4 is 23.4 Å². The van der Waals surface area contributed by atoms with Crippen LogP contribution >= 0.6 is 11.8 Å². The molecule has 0 unspecified atom stereocenters. The number of phenolic OH excluding ortho intramolecular Hbond substituents is 1. The number of anilines is 1. The van der Waals surface area contributed by atoms with Gasteiger partial charge in [-0.1, -0.05) is 31.2 Å². The van der Waals surface area contributed by atoms with Gasteiger partial charge in [-0.05, 0) is 43.9 Å². The molecule has 1 aromatic heterocycles. The van der Waals surface area contributed by atoms with Gasteiger partial charge >= 0.3 is 0 Å². The molecule has 1 atom stereocenters. The monoisotopic (exact) mass is 441 g/mol. The molecule has 1 aromatic carbocycles. The summed E-state index contributed by atoms with van der Waals surface area (Å²) in [6, 6.07) is 5.01. The number of unbranched alkanes of at least 4 members (excludes halogenated alkanes) is 1. The molecule has 0 saturated carbocycles. The van der Waals surface area contributed by atoms with Crippen LogP contribution in [0, 0.1) is 0 Å². The Morgan fingerprint density at radius 2 is 2.10 bits per heavy atom. The van der Waals surface area contributed by atoms with Gasteiger partial charge in [0, 0.05) is 29.4 Å². The molecule has 31 heavy (non-hydrogen) atoms. The van der Waals surface area contributed by atoms with Gasteiger partial charge in [-0.3, -0.25) is 9.59 Å². The first-order chi connectivity index (χ1) is 15.0. The third-order valence-electron chi connectivity index (χ3n) is 5.59. The molecule has 1 aliphatic heterocycles. The van der Waals surface area contributed by atoms with Crippen LogP contribution in [0.3, 0.4) is 0 Å². The van der Waals surface area contributed by atoms with Crippen molar-refractivity contribution in [3.63, 3.8) is 0 Å². The molecule has 0 bridgehead atoms. The van der Waals surface area contributed by atoms with E-state index in [0.717, 1.165) is 42.7 Å². The van der Waals surface area contributed by atoms with Crippen molar-refractivity contribution in [2.45, 2.75) is 57.0 Å². The number of ether oxygens (including phenoxy) is 1. The minimum Gasteiger partial charge on any atom is -0.504 e. The summed E-state index contributed by atoms with van der Waals surface area (Å²) >= 11 is 1.53. The van der Waals surface area contributed by atoms with E-state index in [1.165, 1.54) is 11.8 Å². The Bertz CT molecular complexity index is 1090. The standard InChI is InChI=1S/C23H27N3O4S/c1-3-5-11-31-23-25-21-20(22(29)26-23)18(19-14(24-21)7-6-8-16(19)28)13-9-10-15(27)17(12-13)30-4-2/h9-10,12,18,27H,3-8,11H2,1-2H3,(H2,24,25,26,29)/t18-/m0/s1. The van der Waals surface area contributed by atoms with E-state index in [9.17, 15) is 14.7 Å². The van der Waals surface area contributed by atoms with Crippen LogP contribution in [-0.4, -0.2) is 33.2 Å². The number of benzene rings is 1. The van der Waals surface area contributed by atoms with Gasteiger partial charge in [0.2, 0.25) is 0 Å². The maximum absolute atomic E-state index is 13.2. The summed E-state index contributed by atoms with van der Waals surface area (Å²) in [5.41, 5.74) is 2.36. The molecule has 0 radical (unpaired) electrons. The number of hydrogen-bond acceptors (Lipinski definition) is 7. The number of Topliss-reactive ketones (excluding diaryl/α,β-unsaturated/α-hetero) is 1. The number of aromatic amines is 1. The van der Waals surface area contributed by atoms with Crippen LogP contribution < -0.4 is 15.6 Å². The van der Waals surface area contributed by atoms with Gasteiger partial charge in [-0.15, -0.1) is 0 Å². The second-order valence-corrected chi connectivity index (χ2v) is 8.81. The van der Waals surface area contributed by atoms with Gasteiger partial charge in [-0.25, -0.2) is 4.98 Å². The summed E-state index contributed by atoms with van der Waals surface area (Å²) in [5.74, 6) is 1.23.